The van der Waals surface area contributed by atoms with Crippen molar-refractivity contribution in [3.63, 3.8) is 0 Å². The van der Waals surface area contributed by atoms with E-state index in [1.165, 1.54) is 30.8 Å². The Kier molecular flexibility index (Phi) is 22.0. The van der Waals surface area contributed by atoms with Gasteiger partial charge in [-0.15, -0.1) is 0 Å². The SMILES string of the molecule is COC(CC1OC(=O)CC(OC(N)=O)CC(C)CC(O)C(CO)C(OC)c2coc(n2)-c2coc(n2)-c2coc(n2)C=CCC(OC)C1C)C(C)CCC(=O)C(C)C(OC)C(C)C=CN(C)C=O. The van der Waals surface area contributed by atoms with Crippen LogP contribution in [0.3, 0.4) is 0 Å². The molecule has 378 valence electrons. The molecular weight excluding hydrogens is 887 g/mol. The van der Waals surface area contributed by atoms with Crippen molar-refractivity contribution in [2.75, 3.05) is 42.1 Å². The molecule has 13 atom stereocenters. The van der Waals surface area contributed by atoms with Crippen molar-refractivity contribution < 1.29 is 71.1 Å². The number of amides is 2. The number of aliphatic hydroxyl groups is 2. The predicted octanol–water partition coefficient (Wildman–Crippen LogP) is 6.17. The van der Waals surface area contributed by atoms with E-state index in [2.05, 4.69) is 15.0 Å². The van der Waals surface area contributed by atoms with Crippen LogP contribution in [0, 0.1) is 35.5 Å². The number of esters is 1. The molecule has 13 unspecified atom stereocenters. The maximum Gasteiger partial charge on any atom is 0.404 e. The van der Waals surface area contributed by atoms with Gasteiger partial charge in [-0.25, -0.2) is 19.7 Å². The van der Waals surface area contributed by atoms with Crippen LogP contribution in [-0.4, -0.2) is 133 Å². The molecular formula is C48H71N5O15. The van der Waals surface area contributed by atoms with E-state index in [1.807, 2.05) is 46.8 Å². The fourth-order valence-corrected chi connectivity index (χ4v) is 8.78. The van der Waals surface area contributed by atoms with E-state index in [9.17, 15) is 29.4 Å². The summed E-state index contributed by atoms with van der Waals surface area (Å²) in [6, 6.07) is 0. The van der Waals surface area contributed by atoms with Crippen molar-refractivity contribution in [1.82, 2.24) is 19.9 Å². The third-order valence-electron chi connectivity index (χ3n) is 12.8. The molecule has 4 heterocycles. The molecule has 1 aliphatic rings. The average Bonchev–Trinajstić information content (AvgIpc) is 4.11. The van der Waals surface area contributed by atoms with Gasteiger partial charge in [0, 0.05) is 78.2 Å². The van der Waals surface area contributed by atoms with E-state index >= 15 is 0 Å². The van der Waals surface area contributed by atoms with Crippen LogP contribution < -0.4 is 5.73 Å². The zero-order chi connectivity index (χ0) is 50.1. The first kappa shape index (κ1) is 55.3. The van der Waals surface area contributed by atoms with Gasteiger partial charge in [0.05, 0.1) is 37.4 Å². The maximum absolute atomic E-state index is 14.0. The van der Waals surface area contributed by atoms with Crippen LogP contribution >= 0.6 is 0 Å². The zero-order valence-corrected chi connectivity index (χ0v) is 40.8. The molecule has 0 saturated carbocycles. The Labute approximate surface area is 397 Å². The lowest BCUT2D eigenvalue weighted by Crippen LogP contribution is -2.39. The number of nitrogens with two attached hydrogens (primary N) is 1. The molecule has 3 aromatic heterocycles. The van der Waals surface area contributed by atoms with Gasteiger partial charge in [0.2, 0.25) is 24.1 Å². The summed E-state index contributed by atoms with van der Waals surface area (Å²) in [4.78, 5) is 65.7. The van der Waals surface area contributed by atoms with Gasteiger partial charge in [0.15, 0.2) is 11.4 Å². The van der Waals surface area contributed by atoms with Crippen LogP contribution in [0.25, 0.3) is 29.2 Å². The molecule has 20 nitrogen and oxygen atoms in total. The second-order valence-electron chi connectivity index (χ2n) is 17.8. The molecule has 0 aliphatic carbocycles. The fraction of sp³-hybridized carbons (Fsp3) is 0.646. The van der Waals surface area contributed by atoms with Crippen LogP contribution in [0.2, 0.25) is 0 Å². The van der Waals surface area contributed by atoms with Gasteiger partial charge in [0.1, 0.15) is 48.6 Å². The van der Waals surface area contributed by atoms with Crippen LogP contribution in [-0.2, 0) is 42.8 Å². The Bertz CT molecular complexity index is 2080. The van der Waals surface area contributed by atoms with Gasteiger partial charge < -0.3 is 62.5 Å². The molecule has 0 saturated heterocycles. The highest BCUT2D eigenvalue weighted by molar-refractivity contribution is 5.81. The Morgan fingerprint density at radius 3 is 2.31 bits per heavy atom. The van der Waals surface area contributed by atoms with Gasteiger partial charge in [-0.1, -0.05) is 46.8 Å². The first-order valence-corrected chi connectivity index (χ1v) is 22.9. The number of ketones is 1. The lowest BCUT2D eigenvalue weighted by molar-refractivity contribution is -0.160. The van der Waals surface area contributed by atoms with Gasteiger partial charge in [-0.3, -0.25) is 14.4 Å². The molecule has 0 aromatic carbocycles. The summed E-state index contributed by atoms with van der Waals surface area (Å²) >= 11 is 0. The Hall–Kier alpha value is -5.25. The summed E-state index contributed by atoms with van der Waals surface area (Å²) in [7, 11) is 7.73. The van der Waals surface area contributed by atoms with Crippen molar-refractivity contribution in [1.29, 1.82) is 0 Å². The highest BCUT2D eigenvalue weighted by atomic mass is 16.6. The molecule has 1 aliphatic heterocycles. The number of rotatable bonds is 18. The zero-order valence-electron chi connectivity index (χ0n) is 40.8. The number of aliphatic hydroxyl groups excluding tert-OH is 2. The first-order valence-electron chi connectivity index (χ1n) is 22.9. The number of aromatic nitrogens is 3. The number of hydrogen-bond acceptors (Lipinski definition) is 18. The second kappa shape index (κ2) is 27.1. The van der Waals surface area contributed by atoms with E-state index in [-0.39, 0.29) is 84.7 Å². The number of primary amides is 1. The van der Waals surface area contributed by atoms with E-state index in [1.54, 1.807) is 40.7 Å². The topological polar surface area (TPSA) is 271 Å². The van der Waals surface area contributed by atoms with E-state index < -0.39 is 79.2 Å². The molecule has 68 heavy (non-hydrogen) atoms. The Morgan fingerprint density at radius 2 is 1.66 bits per heavy atom. The molecule has 20 heteroatoms. The molecule has 0 fully saturated rings. The first-order chi connectivity index (χ1) is 32.5. The summed E-state index contributed by atoms with van der Waals surface area (Å²) in [6.07, 6.45) is 6.55. The van der Waals surface area contributed by atoms with Gasteiger partial charge in [0.25, 0.3) is 0 Å². The van der Waals surface area contributed by atoms with Gasteiger partial charge in [-0.2, -0.15) is 0 Å². The van der Waals surface area contributed by atoms with Gasteiger partial charge in [-0.05, 0) is 43.6 Å². The molecule has 3 aromatic rings. The number of fused-ring (bicyclic) bond motifs is 8. The number of methoxy groups -OCH3 is 4. The number of cyclic esters (lactones) is 1. The third kappa shape index (κ3) is 15.6. The highest BCUT2D eigenvalue weighted by Gasteiger charge is 2.37. The van der Waals surface area contributed by atoms with E-state index in [0.29, 0.717) is 24.9 Å². The smallest absolute Gasteiger partial charge is 0.404 e. The van der Waals surface area contributed by atoms with Crippen molar-refractivity contribution in [3.05, 3.63) is 48.7 Å². The number of ether oxygens (including phenoxy) is 6. The number of Topliss-reactive ketones (excluding diaryl/α,β-unsaturated/α-hetero) is 1. The van der Waals surface area contributed by atoms with Crippen molar-refractivity contribution in [2.24, 2.45) is 41.2 Å². The summed E-state index contributed by atoms with van der Waals surface area (Å²) in [5.74, 6) is -2.59. The molecule has 4 rings (SSSR count). The van der Waals surface area contributed by atoms with Crippen molar-refractivity contribution in [2.45, 2.75) is 122 Å². The lowest BCUT2D eigenvalue weighted by atomic mass is 9.84. The molecule has 4 N–H and O–H groups in total. The minimum Gasteiger partial charge on any atom is -0.462 e. The predicted molar refractivity (Wildman–Crippen MR) is 246 cm³/mol. The largest absolute Gasteiger partial charge is 0.462 e. The maximum atomic E-state index is 14.0. The normalized spacial score (nSPS) is 25.6. The van der Waals surface area contributed by atoms with Crippen molar-refractivity contribution >= 4 is 30.3 Å². The summed E-state index contributed by atoms with van der Waals surface area (Å²) in [6.45, 7) is 8.96. The van der Waals surface area contributed by atoms with E-state index in [4.69, 9.17) is 47.4 Å². The van der Waals surface area contributed by atoms with Gasteiger partial charge >= 0.3 is 12.1 Å². The number of carbonyl (C=O) groups excluding carboxylic acids is 4. The Morgan fingerprint density at radius 1 is 0.971 bits per heavy atom. The summed E-state index contributed by atoms with van der Waals surface area (Å²) < 4.78 is 52.2. The van der Waals surface area contributed by atoms with Crippen molar-refractivity contribution in [3.8, 4) is 23.2 Å². The average molecular weight is 958 g/mol. The Balaban J connectivity index is 1.62. The van der Waals surface area contributed by atoms with Crippen LogP contribution in [0.4, 0.5) is 4.79 Å². The van der Waals surface area contributed by atoms with Crippen LogP contribution in [0.15, 0.2) is 50.4 Å². The van der Waals surface area contributed by atoms with E-state index in [0.717, 1.165) is 0 Å². The number of nitrogens with zero attached hydrogens (tertiary/aromatic N) is 4. The quantitative estimate of drug-likeness (QED) is 0.0949. The van der Waals surface area contributed by atoms with Crippen LogP contribution in [0.1, 0.15) is 97.3 Å². The number of carbonyl (C=O) groups is 4. The van der Waals surface area contributed by atoms with Crippen LogP contribution in [0.5, 0.6) is 0 Å². The minimum atomic E-state index is -1.14. The summed E-state index contributed by atoms with van der Waals surface area (Å²) in [5, 5.41) is 22.0. The second-order valence-corrected chi connectivity index (χ2v) is 17.8. The lowest BCUT2D eigenvalue weighted by Gasteiger charge is -2.34. The number of hydrogen-bond donors (Lipinski definition) is 3. The molecule has 0 radical (unpaired) electrons. The number of oxazole rings is 3. The fourth-order valence-electron chi connectivity index (χ4n) is 8.78. The standard InChI is InChI=1S/C48H71N5O15/c1-27-18-32(67-48(49)59)20-43(58)68-41(21-40(61-8)28(2)14-15-37(56)30(4)44(62-9)29(3)16-17-53(6)26-55)31(5)39(60-7)12-11-13-42-50-35(24-64-42)46-52-36(25-66-46)47-51-34(23-65-47)45(63-10)33(22-54)38(57)19-27/h11,13,16-17,23-33,38-41,44-45,54,57H,12,14-15,18-22H2,1-10H3,(H2,49,59). The molecule has 2 amide bonds. The highest BCUT2D eigenvalue weighted by Crippen LogP contribution is 2.34. The molecule has 6 bridgehead atoms. The summed E-state index contributed by atoms with van der Waals surface area (Å²) in [5.41, 5.74) is 6.34. The monoisotopic (exact) mass is 957 g/mol. The minimum absolute atomic E-state index is 0.00771. The molecule has 0 spiro atoms. The third-order valence-corrected chi connectivity index (χ3v) is 12.8.